The first-order chi connectivity index (χ1) is 11.1. The van der Waals surface area contributed by atoms with Crippen molar-refractivity contribution < 1.29 is 14.5 Å². The van der Waals surface area contributed by atoms with Crippen LogP contribution in [0.25, 0.3) is 0 Å². The number of hydrogen-bond donors (Lipinski definition) is 1. The lowest BCUT2D eigenvalue weighted by atomic mass is 9.95. The van der Waals surface area contributed by atoms with Gasteiger partial charge in [-0.25, -0.2) is 4.98 Å². The molecule has 23 heavy (non-hydrogen) atoms. The van der Waals surface area contributed by atoms with Gasteiger partial charge >= 0.3 is 0 Å². The molecule has 3 rings (SSSR count). The maximum Gasteiger partial charge on any atom is 0.273 e. The number of aryl methyl sites for hydroxylation is 1. The topological polar surface area (TPSA) is 99.3 Å². The Kier molecular flexibility index (Phi) is 3.96. The number of anilines is 1. The van der Waals surface area contributed by atoms with Crippen molar-refractivity contribution >= 4 is 17.3 Å². The van der Waals surface area contributed by atoms with Crippen LogP contribution in [0.2, 0.25) is 0 Å². The Morgan fingerprint density at radius 3 is 3.09 bits per heavy atom. The van der Waals surface area contributed by atoms with Crippen LogP contribution in [0.5, 0.6) is 5.75 Å². The van der Waals surface area contributed by atoms with Gasteiger partial charge in [-0.15, -0.1) is 0 Å². The van der Waals surface area contributed by atoms with Crippen LogP contribution in [-0.4, -0.2) is 27.5 Å². The van der Waals surface area contributed by atoms with E-state index in [0.29, 0.717) is 12.1 Å². The third-order valence-electron chi connectivity index (χ3n) is 4.00. The van der Waals surface area contributed by atoms with Gasteiger partial charge < -0.3 is 14.6 Å². The number of nitrogens with zero attached hydrogens (tertiary/aromatic N) is 3. The normalized spacial score (nSPS) is 16.5. The average molecular weight is 316 g/mol. The number of nitro groups is 1. The molecule has 0 saturated carbocycles. The second kappa shape index (κ2) is 6.07. The molecule has 1 atom stereocenters. The van der Waals surface area contributed by atoms with E-state index in [1.54, 1.807) is 12.5 Å². The van der Waals surface area contributed by atoms with Crippen molar-refractivity contribution in [1.29, 1.82) is 0 Å². The number of nitro benzene ring substituents is 1. The van der Waals surface area contributed by atoms with Gasteiger partial charge in [0.15, 0.2) is 0 Å². The molecule has 2 heterocycles. The highest BCUT2D eigenvalue weighted by molar-refractivity contribution is 5.94. The average Bonchev–Trinajstić information content (AvgIpc) is 3.02. The van der Waals surface area contributed by atoms with Crippen LogP contribution in [-0.2, 0) is 17.8 Å². The van der Waals surface area contributed by atoms with Crippen molar-refractivity contribution in [2.45, 2.75) is 19.4 Å². The van der Waals surface area contributed by atoms with Gasteiger partial charge in [0.25, 0.3) is 5.69 Å². The second-order valence-electron chi connectivity index (χ2n) is 5.40. The molecule has 1 amide bonds. The van der Waals surface area contributed by atoms with E-state index in [9.17, 15) is 14.9 Å². The molecule has 1 aromatic carbocycles. The van der Waals surface area contributed by atoms with Gasteiger partial charge in [0.1, 0.15) is 5.75 Å². The summed E-state index contributed by atoms with van der Waals surface area (Å²) in [5.74, 6) is -0.00268. The predicted octanol–water partition coefficient (Wildman–Crippen LogP) is 2.00. The maximum absolute atomic E-state index is 12.5. The molecule has 1 N–H and O–H groups in total. The fourth-order valence-corrected chi connectivity index (χ4v) is 2.72. The Labute approximate surface area is 132 Å². The Bertz CT molecular complexity index is 756. The van der Waals surface area contributed by atoms with Crippen LogP contribution in [0.1, 0.15) is 12.1 Å². The van der Waals surface area contributed by atoms with Crippen molar-refractivity contribution in [3.8, 4) is 5.75 Å². The highest BCUT2D eigenvalue weighted by Gasteiger charge is 2.25. The lowest BCUT2D eigenvalue weighted by molar-refractivity contribution is -0.384. The van der Waals surface area contributed by atoms with Crippen LogP contribution >= 0.6 is 0 Å². The summed E-state index contributed by atoms with van der Waals surface area (Å²) in [6, 6.07) is 4.13. The molecule has 1 aromatic heterocycles. The zero-order valence-corrected chi connectivity index (χ0v) is 12.6. The maximum atomic E-state index is 12.5. The minimum Gasteiger partial charge on any atom is -0.494 e. The first-order valence-electron chi connectivity index (χ1n) is 7.21. The first-order valence-corrected chi connectivity index (χ1v) is 7.21. The molecule has 0 bridgehead atoms. The number of ether oxygens (including phenoxy) is 1. The third-order valence-corrected chi connectivity index (χ3v) is 4.00. The molecule has 0 fully saturated rings. The van der Waals surface area contributed by atoms with Crippen molar-refractivity contribution in [1.82, 2.24) is 9.55 Å². The van der Waals surface area contributed by atoms with Crippen LogP contribution < -0.4 is 10.1 Å². The van der Waals surface area contributed by atoms with Crippen molar-refractivity contribution in [3.63, 3.8) is 0 Å². The number of aromatic nitrogens is 2. The zero-order chi connectivity index (χ0) is 16.4. The molecule has 2 aromatic rings. The van der Waals surface area contributed by atoms with Crippen molar-refractivity contribution in [2.24, 2.45) is 5.92 Å². The lowest BCUT2D eigenvalue weighted by Gasteiger charge is -2.23. The molecule has 8 nitrogen and oxygen atoms in total. The third kappa shape index (κ3) is 3.01. The summed E-state index contributed by atoms with van der Waals surface area (Å²) in [6.07, 6.45) is 4.89. The molecular weight excluding hydrogens is 300 g/mol. The van der Waals surface area contributed by atoms with Crippen LogP contribution in [0.4, 0.5) is 11.4 Å². The van der Waals surface area contributed by atoms with E-state index in [1.165, 1.54) is 25.3 Å². The van der Waals surface area contributed by atoms with E-state index >= 15 is 0 Å². The molecule has 0 radical (unpaired) electrons. The highest BCUT2D eigenvalue weighted by Crippen LogP contribution is 2.30. The summed E-state index contributed by atoms with van der Waals surface area (Å²) in [7, 11) is 1.41. The second-order valence-corrected chi connectivity index (χ2v) is 5.40. The van der Waals surface area contributed by atoms with Crippen LogP contribution in [0.15, 0.2) is 30.7 Å². The SMILES string of the molecule is COc1cc([N+](=O)[O-])ccc1NC(=O)C1CCn2cncc2C1. The fraction of sp³-hybridized carbons (Fsp3) is 0.333. The summed E-state index contributed by atoms with van der Waals surface area (Å²) >= 11 is 0. The monoisotopic (exact) mass is 316 g/mol. The van der Waals surface area contributed by atoms with Gasteiger partial charge in [0.2, 0.25) is 5.91 Å². The number of benzene rings is 1. The van der Waals surface area contributed by atoms with Gasteiger partial charge in [-0.2, -0.15) is 0 Å². The van der Waals surface area contributed by atoms with E-state index in [0.717, 1.165) is 18.7 Å². The smallest absolute Gasteiger partial charge is 0.273 e. The van der Waals surface area contributed by atoms with Gasteiger partial charge in [0, 0.05) is 36.8 Å². The summed E-state index contributed by atoms with van der Waals surface area (Å²) in [4.78, 5) is 26.8. The number of methoxy groups -OCH3 is 1. The van der Waals surface area contributed by atoms with Gasteiger partial charge in [-0.3, -0.25) is 14.9 Å². The number of fused-ring (bicyclic) bond motifs is 1. The molecule has 0 aliphatic carbocycles. The van der Waals surface area contributed by atoms with E-state index in [4.69, 9.17) is 4.74 Å². The summed E-state index contributed by atoms with van der Waals surface area (Å²) in [5.41, 5.74) is 1.38. The van der Waals surface area contributed by atoms with E-state index < -0.39 is 4.92 Å². The molecule has 1 aliphatic heterocycles. The summed E-state index contributed by atoms with van der Waals surface area (Å²) < 4.78 is 7.17. The number of carbonyl (C=O) groups excluding carboxylic acids is 1. The van der Waals surface area contributed by atoms with Crippen LogP contribution in [0.3, 0.4) is 0 Å². The van der Waals surface area contributed by atoms with E-state index in [2.05, 4.69) is 10.3 Å². The predicted molar refractivity (Wildman–Crippen MR) is 82.3 cm³/mol. The molecule has 8 heteroatoms. The number of imidazole rings is 1. The minimum atomic E-state index is -0.504. The Balaban J connectivity index is 1.74. The highest BCUT2D eigenvalue weighted by atomic mass is 16.6. The fourth-order valence-electron chi connectivity index (χ4n) is 2.72. The van der Waals surface area contributed by atoms with Gasteiger partial charge in [-0.1, -0.05) is 0 Å². The van der Waals surface area contributed by atoms with Gasteiger partial charge in [0.05, 0.1) is 30.1 Å². The number of nitrogens with one attached hydrogen (secondary N) is 1. The quantitative estimate of drug-likeness (QED) is 0.687. The minimum absolute atomic E-state index is 0.0820. The van der Waals surface area contributed by atoms with Crippen molar-refractivity contribution in [2.75, 3.05) is 12.4 Å². The molecule has 0 saturated heterocycles. The van der Waals surface area contributed by atoms with Crippen LogP contribution in [0, 0.1) is 16.0 Å². The number of rotatable bonds is 4. The zero-order valence-electron chi connectivity index (χ0n) is 12.6. The van der Waals surface area contributed by atoms with E-state index in [1.807, 2.05) is 4.57 Å². The number of non-ortho nitro benzene ring substituents is 1. The molecular formula is C15H16N4O4. The molecule has 120 valence electrons. The first kappa shape index (κ1) is 15.0. The van der Waals surface area contributed by atoms with E-state index in [-0.39, 0.29) is 23.3 Å². The van der Waals surface area contributed by atoms with Gasteiger partial charge in [-0.05, 0) is 12.5 Å². The lowest BCUT2D eigenvalue weighted by Crippen LogP contribution is -2.30. The number of amides is 1. The summed E-state index contributed by atoms with van der Waals surface area (Å²) in [6.45, 7) is 0.755. The number of hydrogen-bond acceptors (Lipinski definition) is 5. The standard InChI is InChI=1S/C15H16N4O4/c1-23-14-7-11(19(21)22)2-3-13(14)17-15(20)10-4-5-18-9-16-8-12(18)6-10/h2-3,7-10H,4-6H2,1H3,(H,17,20). The molecule has 1 unspecified atom stereocenters. The van der Waals surface area contributed by atoms with Crippen molar-refractivity contribution in [3.05, 3.63) is 46.5 Å². The molecule has 1 aliphatic rings. The Hall–Kier alpha value is -2.90. The number of carbonyl (C=O) groups is 1. The Morgan fingerprint density at radius 1 is 1.52 bits per heavy atom. The summed E-state index contributed by atoms with van der Waals surface area (Å²) in [5, 5.41) is 13.6. The Morgan fingerprint density at radius 2 is 2.35 bits per heavy atom. The largest absolute Gasteiger partial charge is 0.494 e. The molecule has 0 spiro atoms.